The van der Waals surface area contributed by atoms with Crippen LogP contribution in [0.2, 0.25) is 0 Å². The maximum Gasteiger partial charge on any atom is 0.255 e. The zero-order valence-electron chi connectivity index (χ0n) is 14.3. The number of nitrogens with one attached hydrogen (secondary N) is 1. The van der Waals surface area contributed by atoms with Crippen molar-refractivity contribution in [2.45, 2.75) is 0 Å². The Kier molecular flexibility index (Phi) is 4.98. The lowest BCUT2D eigenvalue weighted by atomic mass is 10.2. The van der Waals surface area contributed by atoms with E-state index in [-0.39, 0.29) is 5.91 Å². The summed E-state index contributed by atoms with van der Waals surface area (Å²) in [5, 5.41) is 2.88. The Morgan fingerprint density at radius 3 is 2.22 bits per heavy atom. The molecule has 5 nitrogen and oxygen atoms in total. The van der Waals surface area contributed by atoms with Crippen molar-refractivity contribution in [2.75, 3.05) is 18.5 Å². The van der Waals surface area contributed by atoms with Crippen LogP contribution in [0.5, 0.6) is 23.0 Å². The van der Waals surface area contributed by atoms with E-state index in [4.69, 9.17) is 14.2 Å². The Bertz CT molecular complexity index is 958. The molecule has 3 aromatic carbocycles. The van der Waals surface area contributed by atoms with E-state index >= 15 is 0 Å². The van der Waals surface area contributed by atoms with Gasteiger partial charge in [0.05, 0.1) is 5.69 Å². The van der Waals surface area contributed by atoms with Crippen LogP contribution >= 0.6 is 15.9 Å². The third-order valence-corrected chi connectivity index (χ3v) is 4.63. The summed E-state index contributed by atoms with van der Waals surface area (Å²) >= 11 is 3.45. The highest BCUT2D eigenvalue weighted by Crippen LogP contribution is 2.38. The number of ether oxygens (including phenoxy) is 3. The van der Waals surface area contributed by atoms with Gasteiger partial charge in [-0.05, 0) is 52.3 Å². The molecule has 0 spiro atoms. The molecule has 4 rings (SSSR count). The van der Waals surface area contributed by atoms with Gasteiger partial charge in [0.1, 0.15) is 24.7 Å². The Hall–Kier alpha value is -2.99. The average Bonchev–Trinajstić information content (AvgIpc) is 2.70. The van der Waals surface area contributed by atoms with E-state index < -0.39 is 0 Å². The number of hydrogen-bond acceptors (Lipinski definition) is 4. The summed E-state index contributed by atoms with van der Waals surface area (Å²) in [7, 11) is 0. The highest BCUT2D eigenvalue weighted by molar-refractivity contribution is 9.10. The summed E-state index contributed by atoms with van der Waals surface area (Å²) < 4.78 is 17.6. The first-order chi connectivity index (χ1) is 13.2. The number of anilines is 1. The maximum atomic E-state index is 12.6. The van der Waals surface area contributed by atoms with Gasteiger partial charge in [0.15, 0.2) is 11.5 Å². The van der Waals surface area contributed by atoms with Crippen LogP contribution in [0, 0.1) is 0 Å². The molecule has 1 aliphatic heterocycles. The minimum atomic E-state index is -0.223. The standard InChI is InChI=1S/C21H16BrNO4/c22-17-12-19-20(26-11-10-25-19)13-18(17)23-21(24)14-6-8-16(9-7-14)27-15-4-2-1-3-5-15/h1-9,12-13H,10-11H2,(H,23,24). The van der Waals surface area contributed by atoms with Gasteiger partial charge in [-0.2, -0.15) is 0 Å². The summed E-state index contributed by atoms with van der Waals surface area (Å²) in [6.07, 6.45) is 0. The first-order valence-electron chi connectivity index (χ1n) is 8.42. The van der Waals surface area contributed by atoms with Gasteiger partial charge in [-0.15, -0.1) is 0 Å². The molecule has 1 aliphatic rings. The first kappa shape index (κ1) is 17.4. The molecule has 0 aromatic heterocycles. The van der Waals surface area contributed by atoms with Crippen LogP contribution in [-0.2, 0) is 0 Å². The fraction of sp³-hybridized carbons (Fsp3) is 0.0952. The molecule has 3 aromatic rings. The molecule has 1 N–H and O–H groups in total. The normalized spacial score (nSPS) is 12.3. The smallest absolute Gasteiger partial charge is 0.255 e. The minimum Gasteiger partial charge on any atom is -0.486 e. The summed E-state index contributed by atoms with van der Waals surface area (Å²) in [5.74, 6) is 2.46. The van der Waals surface area contributed by atoms with Crippen molar-refractivity contribution in [3.8, 4) is 23.0 Å². The van der Waals surface area contributed by atoms with Crippen molar-refractivity contribution in [2.24, 2.45) is 0 Å². The highest BCUT2D eigenvalue weighted by atomic mass is 79.9. The van der Waals surface area contributed by atoms with Crippen LogP contribution in [0.4, 0.5) is 5.69 Å². The predicted octanol–water partition coefficient (Wildman–Crippen LogP) is 5.26. The molecule has 0 atom stereocenters. The summed E-state index contributed by atoms with van der Waals surface area (Å²) in [5.41, 5.74) is 1.14. The quantitative estimate of drug-likeness (QED) is 0.618. The van der Waals surface area contributed by atoms with E-state index in [9.17, 15) is 4.79 Å². The van der Waals surface area contributed by atoms with E-state index in [0.717, 1.165) is 10.2 Å². The maximum absolute atomic E-state index is 12.6. The third kappa shape index (κ3) is 4.06. The third-order valence-electron chi connectivity index (χ3n) is 3.98. The van der Waals surface area contributed by atoms with Gasteiger partial charge in [-0.3, -0.25) is 4.79 Å². The van der Waals surface area contributed by atoms with E-state index in [2.05, 4.69) is 21.2 Å². The van der Waals surface area contributed by atoms with Crippen molar-refractivity contribution in [1.82, 2.24) is 0 Å². The number of para-hydroxylation sites is 1. The Morgan fingerprint density at radius 1 is 0.889 bits per heavy atom. The number of rotatable bonds is 4. The SMILES string of the molecule is O=C(Nc1cc2c(cc1Br)OCCO2)c1ccc(Oc2ccccc2)cc1. The molecule has 136 valence electrons. The van der Waals surface area contributed by atoms with E-state index in [1.165, 1.54) is 0 Å². The van der Waals surface area contributed by atoms with Gasteiger partial charge in [0.2, 0.25) is 0 Å². The zero-order valence-corrected chi connectivity index (χ0v) is 15.9. The molecule has 1 amide bonds. The Balaban J connectivity index is 1.47. The van der Waals surface area contributed by atoms with Crippen LogP contribution in [-0.4, -0.2) is 19.1 Å². The monoisotopic (exact) mass is 425 g/mol. The zero-order chi connectivity index (χ0) is 18.6. The number of fused-ring (bicyclic) bond motifs is 1. The minimum absolute atomic E-state index is 0.223. The van der Waals surface area contributed by atoms with Crippen LogP contribution in [0.25, 0.3) is 0 Å². The van der Waals surface area contributed by atoms with Crippen LogP contribution in [0.1, 0.15) is 10.4 Å². The number of halogens is 1. The van der Waals surface area contributed by atoms with E-state index in [1.54, 1.807) is 36.4 Å². The molecule has 0 fully saturated rings. The first-order valence-corrected chi connectivity index (χ1v) is 9.22. The van der Waals surface area contributed by atoms with Crippen molar-refractivity contribution in [1.29, 1.82) is 0 Å². The highest BCUT2D eigenvalue weighted by Gasteiger charge is 2.16. The number of carbonyl (C=O) groups excluding carboxylic acids is 1. The molecule has 6 heteroatoms. The van der Waals surface area contributed by atoms with Gasteiger partial charge >= 0.3 is 0 Å². The average molecular weight is 426 g/mol. The molecule has 0 radical (unpaired) electrons. The van der Waals surface area contributed by atoms with Crippen LogP contribution in [0.15, 0.2) is 71.2 Å². The van der Waals surface area contributed by atoms with Gasteiger partial charge < -0.3 is 19.5 Å². The molecular formula is C21H16BrNO4. The van der Waals surface area contributed by atoms with E-state index in [1.807, 2.05) is 30.3 Å². The number of carbonyl (C=O) groups is 1. The lowest BCUT2D eigenvalue weighted by Crippen LogP contribution is -2.17. The molecule has 0 saturated carbocycles. The van der Waals surface area contributed by atoms with Gasteiger partial charge in [-0.25, -0.2) is 0 Å². The molecule has 0 saturated heterocycles. The predicted molar refractivity (Wildman–Crippen MR) is 106 cm³/mol. The molecule has 27 heavy (non-hydrogen) atoms. The second kappa shape index (κ2) is 7.72. The number of amides is 1. The lowest BCUT2D eigenvalue weighted by molar-refractivity contribution is 0.102. The molecular weight excluding hydrogens is 410 g/mol. The number of benzene rings is 3. The molecule has 0 bridgehead atoms. The van der Waals surface area contributed by atoms with Gasteiger partial charge in [0.25, 0.3) is 5.91 Å². The summed E-state index contributed by atoms with van der Waals surface area (Å²) in [4.78, 5) is 12.6. The van der Waals surface area contributed by atoms with Crippen molar-refractivity contribution in [3.05, 3.63) is 76.8 Å². The Morgan fingerprint density at radius 2 is 1.52 bits per heavy atom. The molecule has 0 unspecified atom stereocenters. The fourth-order valence-electron chi connectivity index (χ4n) is 2.65. The van der Waals surface area contributed by atoms with Crippen LogP contribution in [0.3, 0.4) is 0 Å². The number of hydrogen-bond donors (Lipinski definition) is 1. The fourth-order valence-corrected chi connectivity index (χ4v) is 3.07. The van der Waals surface area contributed by atoms with E-state index in [0.29, 0.717) is 41.7 Å². The van der Waals surface area contributed by atoms with Crippen LogP contribution < -0.4 is 19.5 Å². The molecule has 1 heterocycles. The van der Waals surface area contributed by atoms with Gasteiger partial charge in [-0.1, -0.05) is 18.2 Å². The summed E-state index contributed by atoms with van der Waals surface area (Å²) in [6, 6.07) is 20.0. The van der Waals surface area contributed by atoms with Crippen molar-refractivity contribution < 1.29 is 19.0 Å². The largest absolute Gasteiger partial charge is 0.486 e. The topological polar surface area (TPSA) is 56.8 Å². The second-order valence-corrected chi connectivity index (χ2v) is 6.72. The molecule has 0 aliphatic carbocycles. The van der Waals surface area contributed by atoms with Crippen molar-refractivity contribution in [3.63, 3.8) is 0 Å². The lowest BCUT2D eigenvalue weighted by Gasteiger charge is -2.20. The summed E-state index contributed by atoms with van der Waals surface area (Å²) in [6.45, 7) is 1.01. The van der Waals surface area contributed by atoms with Gasteiger partial charge in [0, 0.05) is 22.2 Å². The van der Waals surface area contributed by atoms with Crippen molar-refractivity contribution >= 4 is 27.5 Å². The second-order valence-electron chi connectivity index (χ2n) is 5.87. The Labute approximate surface area is 165 Å².